The van der Waals surface area contributed by atoms with E-state index in [0.29, 0.717) is 5.56 Å². The highest BCUT2D eigenvalue weighted by molar-refractivity contribution is 9.10. The van der Waals surface area contributed by atoms with Crippen LogP contribution in [-0.2, 0) is 4.79 Å². The van der Waals surface area contributed by atoms with Gasteiger partial charge in [-0.15, -0.1) is 0 Å². The molecule has 0 bridgehead atoms. The van der Waals surface area contributed by atoms with Crippen LogP contribution in [0.1, 0.15) is 48.3 Å². The molecule has 0 saturated heterocycles. The lowest BCUT2D eigenvalue weighted by molar-refractivity contribution is -0.124. The molecule has 2 N–H and O–H groups in total. The maximum absolute atomic E-state index is 12.8. The molecule has 2 aromatic carbocycles. The van der Waals surface area contributed by atoms with Gasteiger partial charge in [0, 0.05) is 10.0 Å². The number of halogens is 1. The summed E-state index contributed by atoms with van der Waals surface area (Å²) >= 11 is 3.51. The van der Waals surface area contributed by atoms with E-state index in [2.05, 4.69) is 26.6 Å². The Morgan fingerprint density at radius 2 is 1.54 bits per heavy atom. The fraction of sp³-hybridized carbons (Fsp3) is 0.333. The Morgan fingerprint density at radius 1 is 0.923 bits per heavy atom. The third kappa shape index (κ3) is 4.94. The minimum absolute atomic E-state index is 0.0330. The number of nitrogens with one attached hydrogen (secondary N) is 2. The molecule has 0 radical (unpaired) electrons. The summed E-state index contributed by atoms with van der Waals surface area (Å²) in [6, 6.07) is 14.4. The fourth-order valence-electron chi connectivity index (χ4n) is 2.79. The third-order valence-electron chi connectivity index (χ3n) is 4.36. The van der Waals surface area contributed by atoms with Crippen molar-refractivity contribution in [3.63, 3.8) is 0 Å². The second-order valence-corrected chi connectivity index (χ2v) is 7.62. The van der Waals surface area contributed by atoms with Crippen molar-refractivity contribution in [1.29, 1.82) is 0 Å². The van der Waals surface area contributed by atoms with Crippen molar-refractivity contribution in [3.8, 4) is 0 Å². The fourth-order valence-corrected chi connectivity index (χ4v) is 3.42. The van der Waals surface area contributed by atoms with Gasteiger partial charge in [0.15, 0.2) is 0 Å². The molecule has 26 heavy (non-hydrogen) atoms. The Hall–Kier alpha value is -2.14. The zero-order valence-electron chi connectivity index (χ0n) is 15.5. The van der Waals surface area contributed by atoms with Crippen molar-refractivity contribution >= 4 is 27.7 Å². The molecule has 2 rings (SSSR count). The lowest BCUT2D eigenvalue weighted by Gasteiger charge is -2.25. The molecular weight excluding hydrogens is 392 g/mol. The van der Waals surface area contributed by atoms with Crippen LogP contribution in [0.5, 0.6) is 0 Å². The van der Waals surface area contributed by atoms with Crippen molar-refractivity contribution in [1.82, 2.24) is 10.6 Å². The highest BCUT2D eigenvalue weighted by Gasteiger charge is 2.26. The molecular formula is C21H25BrN2O2. The number of carbonyl (C=O) groups excluding carboxylic acids is 2. The number of rotatable bonds is 6. The molecule has 4 nitrogen and oxygen atoms in total. The molecule has 2 aromatic rings. The van der Waals surface area contributed by atoms with Crippen LogP contribution in [0.2, 0.25) is 0 Å². The predicted molar refractivity (Wildman–Crippen MR) is 108 cm³/mol. The van der Waals surface area contributed by atoms with Gasteiger partial charge in [-0.1, -0.05) is 66.2 Å². The van der Waals surface area contributed by atoms with Crippen molar-refractivity contribution in [2.45, 2.75) is 39.8 Å². The molecule has 0 fully saturated rings. The van der Waals surface area contributed by atoms with Gasteiger partial charge in [-0.05, 0) is 43.0 Å². The lowest BCUT2D eigenvalue weighted by Crippen LogP contribution is -2.50. The molecule has 0 aliphatic carbocycles. The molecule has 0 saturated carbocycles. The normalized spacial score (nSPS) is 13.2. The summed E-state index contributed by atoms with van der Waals surface area (Å²) in [7, 11) is 0. The van der Waals surface area contributed by atoms with E-state index in [1.54, 1.807) is 6.07 Å². The van der Waals surface area contributed by atoms with Gasteiger partial charge < -0.3 is 10.6 Å². The van der Waals surface area contributed by atoms with Gasteiger partial charge in [-0.25, -0.2) is 0 Å². The van der Waals surface area contributed by atoms with Gasteiger partial charge in [0.25, 0.3) is 5.91 Å². The molecule has 0 heterocycles. The molecule has 0 aromatic heterocycles. The van der Waals surface area contributed by atoms with Crippen LogP contribution >= 0.6 is 15.9 Å². The third-order valence-corrected chi connectivity index (χ3v) is 5.08. The average Bonchev–Trinajstić information content (AvgIpc) is 2.59. The standard InChI is InChI=1S/C21H25BrN2O2/c1-13(2)19(24-20(25)16-10-6-5-9-14(16)3)21(26)23-15(4)17-11-7-8-12-18(17)22/h5-13,15,19H,1-4H3,(H,23,26)(H,24,25). The zero-order chi connectivity index (χ0) is 19.3. The molecule has 5 heteroatoms. The van der Waals surface area contributed by atoms with Gasteiger partial charge >= 0.3 is 0 Å². The van der Waals surface area contributed by atoms with E-state index in [1.807, 2.05) is 70.2 Å². The molecule has 0 spiro atoms. The Morgan fingerprint density at radius 3 is 2.15 bits per heavy atom. The van der Waals surface area contributed by atoms with Gasteiger partial charge in [0.05, 0.1) is 6.04 Å². The topological polar surface area (TPSA) is 58.2 Å². The molecule has 2 atom stereocenters. The first kappa shape index (κ1) is 20.2. The Labute approximate surface area is 163 Å². The second-order valence-electron chi connectivity index (χ2n) is 6.76. The van der Waals surface area contributed by atoms with E-state index in [1.165, 1.54) is 0 Å². The Balaban J connectivity index is 2.11. The zero-order valence-corrected chi connectivity index (χ0v) is 17.1. The first-order valence-electron chi connectivity index (χ1n) is 8.72. The van der Waals surface area contributed by atoms with Crippen molar-refractivity contribution in [3.05, 3.63) is 69.7 Å². The first-order valence-corrected chi connectivity index (χ1v) is 9.52. The van der Waals surface area contributed by atoms with Crippen molar-refractivity contribution < 1.29 is 9.59 Å². The van der Waals surface area contributed by atoms with Crippen LogP contribution in [0, 0.1) is 12.8 Å². The highest BCUT2D eigenvalue weighted by Crippen LogP contribution is 2.23. The minimum atomic E-state index is -0.605. The SMILES string of the molecule is Cc1ccccc1C(=O)NC(C(=O)NC(C)c1ccccc1Br)C(C)C. The van der Waals surface area contributed by atoms with Crippen LogP contribution in [0.15, 0.2) is 53.0 Å². The van der Waals surface area contributed by atoms with Crippen LogP contribution in [0.3, 0.4) is 0 Å². The quantitative estimate of drug-likeness (QED) is 0.733. The number of carbonyl (C=O) groups is 2. The van der Waals surface area contributed by atoms with Crippen molar-refractivity contribution in [2.75, 3.05) is 0 Å². The minimum Gasteiger partial charge on any atom is -0.348 e. The van der Waals surface area contributed by atoms with Gasteiger partial charge in [0.2, 0.25) is 5.91 Å². The van der Waals surface area contributed by atoms with Crippen molar-refractivity contribution in [2.24, 2.45) is 5.92 Å². The highest BCUT2D eigenvalue weighted by atomic mass is 79.9. The largest absolute Gasteiger partial charge is 0.348 e. The number of hydrogen-bond donors (Lipinski definition) is 2. The number of hydrogen-bond acceptors (Lipinski definition) is 2. The predicted octanol–water partition coefficient (Wildman–Crippen LogP) is 4.39. The summed E-state index contributed by atoms with van der Waals surface area (Å²) in [5, 5.41) is 5.89. The van der Waals surface area contributed by atoms with Crippen LogP contribution in [-0.4, -0.2) is 17.9 Å². The summed E-state index contributed by atoms with van der Waals surface area (Å²) in [4.78, 5) is 25.4. The number of amides is 2. The number of aryl methyl sites for hydroxylation is 1. The van der Waals surface area contributed by atoms with E-state index in [9.17, 15) is 9.59 Å². The first-order chi connectivity index (χ1) is 12.3. The smallest absolute Gasteiger partial charge is 0.252 e. The molecule has 0 aliphatic heterocycles. The maximum Gasteiger partial charge on any atom is 0.252 e. The molecule has 0 aliphatic rings. The Bertz CT molecular complexity index is 789. The monoisotopic (exact) mass is 416 g/mol. The van der Waals surface area contributed by atoms with E-state index in [-0.39, 0.29) is 23.8 Å². The summed E-state index contributed by atoms with van der Waals surface area (Å²) in [5.41, 5.74) is 2.47. The van der Waals surface area contributed by atoms with E-state index in [4.69, 9.17) is 0 Å². The van der Waals surface area contributed by atoms with Crippen LogP contribution in [0.4, 0.5) is 0 Å². The summed E-state index contributed by atoms with van der Waals surface area (Å²) in [6.45, 7) is 7.66. The van der Waals surface area contributed by atoms with E-state index in [0.717, 1.165) is 15.6 Å². The van der Waals surface area contributed by atoms with Crippen LogP contribution < -0.4 is 10.6 Å². The van der Waals surface area contributed by atoms with Gasteiger partial charge in [-0.2, -0.15) is 0 Å². The Kier molecular flexibility index (Phi) is 6.98. The number of benzene rings is 2. The summed E-state index contributed by atoms with van der Waals surface area (Å²) in [5.74, 6) is -0.454. The molecule has 2 unspecified atom stereocenters. The summed E-state index contributed by atoms with van der Waals surface area (Å²) in [6.07, 6.45) is 0. The lowest BCUT2D eigenvalue weighted by atomic mass is 10.0. The summed E-state index contributed by atoms with van der Waals surface area (Å²) < 4.78 is 0.942. The van der Waals surface area contributed by atoms with Crippen LogP contribution in [0.25, 0.3) is 0 Å². The maximum atomic E-state index is 12.8. The average molecular weight is 417 g/mol. The van der Waals surface area contributed by atoms with E-state index < -0.39 is 6.04 Å². The van der Waals surface area contributed by atoms with Gasteiger partial charge in [-0.3, -0.25) is 9.59 Å². The van der Waals surface area contributed by atoms with E-state index >= 15 is 0 Å². The molecule has 138 valence electrons. The van der Waals surface area contributed by atoms with Gasteiger partial charge in [0.1, 0.15) is 6.04 Å². The second kappa shape index (κ2) is 8.99. The molecule has 2 amide bonds.